The largest absolute Gasteiger partial charge is 0.349 e. The summed E-state index contributed by atoms with van der Waals surface area (Å²) in [6.07, 6.45) is 1.65. The highest BCUT2D eigenvalue weighted by Crippen LogP contribution is 1.96. The summed E-state index contributed by atoms with van der Waals surface area (Å²) in [5, 5.41) is 2.69. The number of carbonyl (C=O) groups is 1. The second-order valence-corrected chi connectivity index (χ2v) is 2.36. The first kappa shape index (κ1) is 8.53. The molecular weight excluding hydrogens is 150 g/mol. The topological polar surface area (TPSA) is 29.1 Å². The number of benzene rings is 1. The van der Waals surface area contributed by atoms with E-state index in [2.05, 4.69) is 11.9 Å². The van der Waals surface area contributed by atoms with Crippen LogP contribution in [-0.2, 0) is 0 Å². The molecule has 0 fully saturated rings. The molecule has 62 valence electrons. The van der Waals surface area contributed by atoms with Crippen molar-refractivity contribution in [2.75, 3.05) is 6.54 Å². The van der Waals surface area contributed by atoms with Crippen LogP contribution in [0.25, 0.3) is 0 Å². The molecule has 0 aromatic heterocycles. The minimum atomic E-state index is -0.0597. The van der Waals surface area contributed by atoms with Crippen molar-refractivity contribution in [2.24, 2.45) is 0 Å². The summed E-state index contributed by atoms with van der Waals surface area (Å²) in [7, 11) is 0. The molecule has 0 saturated heterocycles. The third-order valence-corrected chi connectivity index (χ3v) is 1.44. The average Bonchev–Trinajstić information content (AvgIpc) is 2.15. The van der Waals surface area contributed by atoms with Crippen LogP contribution >= 0.6 is 0 Å². The van der Waals surface area contributed by atoms with E-state index in [1.165, 1.54) is 0 Å². The van der Waals surface area contributed by atoms with Gasteiger partial charge in [-0.15, -0.1) is 6.58 Å². The molecule has 0 spiro atoms. The zero-order valence-electron chi connectivity index (χ0n) is 6.79. The van der Waals surface area contributed by atoms with Gasteiger partial charge in [0, 0.05) is 12.1 Å². The molecule has 0 bridgehead atoms. The Morgan fingerprint density at radius 2 is 2.08 bits per heavy atom. The van der Waals surface area contributed by atoms with E-state index in [-0.39, 0.29) is 5.91 Å². The number of carbonyl (C=O) groups excluding carboxylic acids is 1. The average molecular weight is 161 g/mol. The smallest absolute Gasteiger partial charge is 0.251 e. The second kappa shape index (κ2) is 4.34. The third kappa shape index (κ3) is 2.23. The van der Waals surface area contributed by atoms with Gasteiger partial charge < -0.3 is 5.32 Å². The fourth-order valence-corrected chi connectivity index (χ4v) is 0.856. The summed E-state index contributed by atoms with van der Waals surface area (Å²) < 4.78 is 0. The first-order valence-electron chi connectivity index (χ1n) is 3.78. The molecular formula is C10H11NO. The lowest BCUT2D eigenvalue weighted by Crippen LogP contribution is -2.22. The summed E-state index contributed by atoms with van der Waals surface area (Å²) in [6, 6.07) is 9.10. The summed E-state index contributed by atoms with van der Waals surface area (Å²) in [5.41, 5.74) is 0.680. The molecule has 0 heterocycles. The maximum atomic E-state index is 11.2. The minimum absolute atomic E-state index is 0.0597. The van der Waals surface area contributed by atoms with Gasteiger partial charge in [-0.3, -0.25) is 4.79 Å². The monoisotopic (exact) mass is 161 g/mol. The predicted molar refractivity (Wildman–Crippen MR) is 49.0 cm³/mol. The zero-order chi connectivity index (χ0) is 8.81. The molecule has 1 N–H and O–H groups in total. The first-order chi connectivity index (χ1) is 5.84. The van der Waals surface area contributed by atoms with Crippen molar-refractivity contribution in [3.05, 3.63) is 48.6 Å². The van der Waals surface area contributed by atoms with E-state index < -0.39 is 0 Å². The van der Waals surface area contributed by atoms with Gasteiger partial charge >= 0.3 is 0 Å². The number of nitrogens with one attached hydrogen (secondary N) is 1. The molecule has 0 saturated carbocycles. The zero-order valence-corrected chi connectivity index (χ0v) is 6.79. The summed E-state index contributed by atoms with van der Waals surface area (Å²) in [4.78, 5) is 11.2. The van der Waals surface area contributed by atoms with E-state index in [0.717, 1.165) is 0 Å². The summed E-state index contributed by atoms with van der Waals surface area (Å²) >= 11 is 0. The van der Waals surface area contributed by atoms with E-state index in [4.69, 9.17) is 0 Å². The highest BCUT2D eigenvalue weighted by atomic mass is 16.1. The lowest BCUT2D eigenvalue weighted by Gasteiger charge is -2.00. The van der Waals surface area contributed by atoms with E-state index in [1.807, 2.05) is 18.2 Å². The van der Waals surface area contributed by atoms with Crippen LogP contribution in [0.3, 0.4) is 0 Å². The Kier molecular flexibility index (Phi) is 3.08. The van der Waals surface area contributed by atoms with Gasteiger partial charge in [0.2, 0.25) is 0 Å². The van der Waals surface area contributed by atoms with E-state index in [9.17, 15) is 4.79 Å². The summed E-state index contributed by atoms with van der Waals surface area (Å²) in [5.74, 6) is -0.0597. The molecule has 0 unspecified atom stereocenters. The first-order valence-corrected chi connectivity index (χ1v) is 3.78. The van der Waals surface area contributed by atoms with Crippen molar-refractivity contribution in [1.29, 1.82) is 0 Å². The molecule has 2 nitrogen and oxygen atoms in total. The molecule has 1 amide bonds. The molecule has 0 radical (unpaired) electrons. The lowest BCUT2D eigenvalue weighted by atomic mass is 10.2. The van der Waals surface area contributed by atoms with Crippen molar-refractivity contribution < 1.29 is 4.79 Å². The highest BCUT2D eigenvalue weighted by Gasteiger charge is 2.00. The molecule has 1 aromatic carbocycles. The van der Waals surface area contributed by atoms with Crippen molar-refractivity contribution in [3.63, 3.8) is 0 Å². The van der Waals surface area contributed by atoms with Crippen LogP contribution in [0.15, 0.2) is 43.0 Å². The number of hydrogen-bond acceptors (Lipinski definition) is 1. The molecule has 0 atom stereocenters. The maximum absolute atomic E-state index is 11.2. The van der Waals surface area contributed by atoms with Crippen LogP contribution < -0.4 is 5.32 Å². The van der Waals surface area contributed by atoms with Gasteiger partial charge in [-0.1, -0.05) is 24.3 Å². The number of amides is 1. The fourth-order valence-electron chi connectivity index (χ4n) is 0.856. The Labute approximate surface area is 71.9 Å². The Hall–Kier alpha value is -1.57. The van der Waals surface area contributed by atoms with E-state index >= 15 is 0 Å². The highest BCUT2D eigenvalue weighted by molar-refractivity contribution is 5.94. The van der Waals surface area contributed by atoms with Gasteiger partial charge in [0.25, 0.3) is 5.91 Å². The van der Waals surface area contributed by atoms with Crippen LogP contribution in [0.2, 0.25) is 0 Å². The SMILES string of the molecule is C=CCNC(=O)c1ccccc1. The molecule has 12 heavy (non-hydrogen) atoms. The van der Waals surface area contributed by atoms with Crippen molar-refractivity contribution in [2.45, 2.75) is 0 Å². The van der Waals surface area contributed by atoms with Gasteiger partial charge in [0.05, 0.1) is 0 Å². The van der Waals surface area contributed by atoms with Crippen LogP contribution in [0.4, 0.5) is 0 Å². The van der Waals surface area contributed by atoms with Crippen LogP contribution in [-0.4, -0.2) is 12.5 Å². The van der Waals surface area contributed by atoms with Crippen molar-refractivity contribution >= 4 is 5.91 Å². The number of rotatable bonds is 3. The predicted octanol–water partition coefficient (Wildman–Crippen LogP) is 1.60. The fraction of sp³-hybridized carbons (Fsp3) is 0.100. The maximum Gasteiger partial charge on any atom is 0.251 e. The van der Waals surface area contributed by atoms with Gasteiger partial charge in [-0.25, -0.2) is 0 Å². The standard InChI is InChI=1S/C10H11NO/c1-2-8-11-10(12)9-6-4-3-5-7-9/h2-7H,1,8H2,(H,11,12). The Morgan fingerprint density at radius 3 is 2.67 bits per heavy atom. The van der Waals surface area contributed by atoms with E-state index in [1.54, 1.807) is 18.2 Å². The van der Waals surface area contributed by atoms with Gasteiger partial charge in [0.1, 0.15) is 0 Å². The van der Waals surface area contributed by atoms with Crippen molar-refractivity contribution in [1.82, 2.24) is 5.32 Å². The third-order valence-electron chi connectivity index (χ3n) is 1.44. The quantitative estimate of drug-likeness (QED) is 0.670. The van der Waals surface area contributed by atoms with Crippen LogP contribution in [0, 0.1) is 0 Å². The van der Waals surface area contributed by atoms with Gasteiger partial charge in [-0.2, -0.15) is 0 Å². The Balaban J connectivity index is 2.59. The second-order valence-electron chi connectivity index (χ2n) is 2.36. The molecule has 1 aromatic rings. The van der Waals surface area contributed by atoms with Crippen LogP contribution in [0.1, 0.15) is 10.4 Å². The van der Waals surface area contributed by atoms with Crippen LogP contribution in [0.5, 0.6) is 0 Å². The summed E-state index contributed by atoms with van der Waals surface area (Å²) in [6.45, 7) is 4.02. The lowest BCUT2D eigenvalue weighted by molar-refractivity contribution is 0.0958. The number of hydrogen-bond donors (Lipinski definition) is 1. The molecule has 1 rings (SSSR count). The molecule has 0 aliphatic carbocycles. The van der Waals surface area contributed by atoms with E-state index in [0.29, 0.717) is 12.1 Å². The molecule has 0 aliphatic rings. The van der Waals surface area contributed by atoms with Gasteiger partial charge in [-0.05, 0) is 12.1 Å². The van der Waals surface area contributed by atoms with Gasteiger partial charge in [0.15, 0.2) is 0 Å². The Bertz CT molecular complexity index is 266. The molecule has 2 heteroatoms. The Morgan fingerprint density at radius 1 is 1.42 bits per heavy atom. The van der Waals surface area contributed by atoms with Crippen molar-refractivity contribution in [3.8, 4) is 0 Å². The normalized spacial score (nSPS) is 9.00. The molecule has 0 aliphatic heterocycles. The minimum Gasteiger partial charge on any atom is -0.349 e.